The van der Waals surface area contributed by atoms with Gasteiger partial charge in [0.05, 0.1) is 24.3 Å². The quantitative estimate of drug-likeness (QED) is 0.697. The van der Waals surface area contributed by atoms with E-state index in [4.69, 9.17) is 27.9 Å². The van der Waals surface area contributed by atoms with E-state index >= 15 is 0 Å². The molecule has 0 aromatic heterocycles. The van der Waals surface area contributed by atoms with E-state index in [1.54, 1.807) is 18.2 Å². The number of nitrogens with zero attached hydrogens (tertiary/aromatic N) is 1. The summed E-state index contributed by atoms with van der Waals surface area (Å²) in [6, 6.07) is 11.6. The van der Waals surface area contributed by atoms with Crippen LogP contribution in [-0.2, 0) is 14.8 Å². The average molecular weight is 469 g/mol. The third kappa shape index (κ3) is 4.65. The average Bonchev–Trinajstić information content (AvgIpc) is 3.58. The molecule has 4 rings (SSSR count). The highest BCUT2D eigenvalue weighted by atomic mass is 35.5. The fourth-order valence-electron chi connectivity index (χ4n) is 3.57. The largest absolute Gasteiger partial charge is 0.379 e. The van der Waals surface area contributed by atoms with Gasteiger partial charge in [-0.2, -0.15) is 4.31 Å². The van der Waals surface area contributed by atoms with Crippen LogP contribution in [0.15, 0.2) is 47.4 Å². The molecule has 1 heterocycles. The summed E-state index contributed by atoms with van der Waals surface area (Å²) in [4.78, 5) is 12.9. The molecule has 1 aliphatic heterocycles. The van der Waals surface area contributed by atoms with Crippen molar-refractivity contribution in [2.24, 2.45) is 5.92 Å². The second-order valence-corrected chi connectivity index (χ2v) is 10.3. The van der Waals surface area contributed by atoms with E-state index in [0.717, 1.165) is 18.4 Å². The number of carbonyl (C=O) groups is 1. The van der Waals surface area contributed by atoms with Gasteiger partial charge in [0.2, 0.25) is 10.0 Å². The summed E-state index contributed by atoms with van der Waals surface area (Å²) in [6.45, 7) is 1.19. The maximum absolute atomic E-state index is 13.0. The molecule has 6 nitrogen and oxygen atoms in total. The number of amides is 1. The SMILES string of the molecule is O=C(N[C@@H](c1ccc(Cl)cc1)C1CC1)c1ccc(Cl)c(S(=O)(=O)N2CCOCC2)c1. The van der Waals surface area contributed by atoms with Crippen LogP contribution in [0.25, 0.3) is 0 Å². The number of benzene rings is 2. The second kappa shape index (κ2) is 8.85. The summed E-state index contributed by atoms with van der Waals surface area (Å²) >= 11 is 12.2. The van der Waals surface area contributed by atoms with Crippen molar-refractivity contribution in [1.82, 2.24) is 9.62 Å². The van der Waals surface area contributed by atoms with Crippen LogP contribution < -0.4 is 5.32 Å². The number of sulfonamides is 1. The Morgan fingerprint density at radius 2 is 1.73 bits per heavy atom. The maximum Gasteiger partial charge on any atom is 0.251 e. The number of halogens is 2. The Morgan fingerprint density at radius 3 is 2.37 bits per heavy atom. The first-order chi connectivity index (χ1) is 14.4. The Hall–Kier alpha value is -1.64. The molecule has 2 aromatic rings. The maximum atomic E-state index is 13.0. The molecule has 1 aliphatic carbocycles. The minimum atomic E-state index is -3.81. The summed E-state index contributed by atoms with van der Waals surface area (Å²) in [5.41, 5.74) is 1.23. The van der Waals surface area contributed by atoms with Gasteiger partial charge in [0.25, 0.3) is 5.91 Å². The first-order valence-corrected chi connectivity index (χ1v) is 12.0. The highest BCUT2D eigenvalue weighted by Gasteiger charge is 2.34. The molecule has 30 heavy (non-hydrogen) atoms. The number of carbonyl (C=O) groups excluding carboxylic acids is 1. The number of rotatable bonds is 6. The molecule has 0 unspecified atom stereocenters. The van der Waals surface area contributed by atoms with E-state index in [2.05, 4.69) is 5.32 Å². The smallest absolute Gasteiger partial charge is 0.251 e. The van der Waals surface area contributed by atoms with E-state index in [1.165, 1.54) is 16.4 Å². The Balaban J connectivity index is 1.58. The number of morpholine rings is 1. The van der Waals surface area contributed by atoms with Crippen LogP contribution in [-0.4, -0.2) is 44.9 Å². The van der Waals surface area contributed by atoms with Crippen LogP contribution in [0.3, 0.4) is 0 Å². The van der Waals surface area contributed by atoms with Gasteiger partial charge in [0, 0.05) is 23.7 Å². The van der Waals surface area contributed by atoms with Crippen molar-refractivity contribution in [2.45, 2.75) is 23.8 Å². The molecule has 0 bridgehead atoms. The number of hydrogen-bond acceptors (Lipinski definition) is 4. The van der Waals surface area contributed by atoms with Gasteiger partial charge in [0.1, 0.15) is 4.90 Å². The van der Waals surface area contributed by atoms with E-state index in [1.807, 2.05) is 12.1 Å². The fourth-order valence-corrected chi connectivity index (χ4v) is 5.60. The van der Waals surface area contributed by atoms with Crippen molar-refractivity contribution in [3.63, 3.8) is 0 Å². The first kappa shape index (κ1) is 21.6. The van der Waals surface area contributed by atoms with Gasteiger partial charge < -0.3 is 10.1 Å². The van der Waals surface area contributed by atoms with Crippen molar-refractivity contribution in [3.05, 3.63) is 63.6 Å². The van der Waals surface area contributed by atoms with Crippen LogP contribution >= 0.6 is 23.2 Å². The van der Waals surface area contributed by atoms with Gasteiger partial charge in [-0.05, 0) is 54.7 Å². The number of hydrogen-bond donors (Lipinski definition) is 1. The van der Waals surface area contributed by atoms with Gasteiger partial charge in [-0.3, -0.25) is 4.79 Å². The zero-order valence-corrected chi connectivity index (χ0v) is 18.5. The van der Waals surface area contributed by atoms with Gasteiger partial charge in [0.15, 0.2) is 0 Å². The third-order valence-electron chi connectivity index (χ3n) is 5.39. The van der Waals surface area contributed by atoms with Crippen LogP contribution in [0, 0.1) is 5.92 Å². The van der Waals surface area contributed by atoms with Crippen molar-refractivity contribution in [1.29, 1.82) is 0 Å². The number of nitrogens with one attached hydrogen (secondary N) is 1. The lowest BCUT2D eigenvalue weighted by atomic mass is 10.0. The number of ether oxygens (including phenoxy) is 1. The highest BCUT2D eigenvalue weighted by Crippen LogP contribution is 2.41. The summed E-state index contributed by atoms with van der Waals surface area (Å²) in [7, 11) is -3.81. The van der Waals surface area contributed by atoms with Crippen molar-refractivity contribution < 1.29 is 17.9 Å². The summed E-state index contributed by atoms with van der Waals surface area (Å²) in [6.07, 6.45) is 2.07. The van der Waals surface area contributed by atoms with Crippen molar-refractivity contribution in [3.8, 4) is 0 Å². The molecule has 0 spiro atoms. The lowest BCUT2D eigenvalue weighted by Crippen LogP contribution is -2.40. The zero-order valence-electron chi connectivity index (χ0n) is 16.2. The summed E-state index contributed by atoms with van der Waals surface area (Å²) < 4.78 is 32.6. The molecular formula is C21H22Cl2N2O4S. The van der Waals surface area contributed by atoms with Crippen LogP contribution in [0.4, 0.5) is 0 Å². The van der Waals surface area contributed by atoms with E-state index in [9.17, 15) is 13.2 Å². The van der Waals surface area contributed by atoms with Crippen molar-refractivity contribution >= 4 is 39.1 Å². The summed E-state index contributed by atoms with van der Waals surface area (Å²) in [5.74, 6) is 0.0240. The van der Waals surface area contributed by atoms with E-state index in [-0.39, 0.29) is 40.5 Å². The summed E-state index contributed by atoms with van der Waals surface area (Å²) in [5, 5.41) is 3.78. The lowest BCUT2D eigenvalue weighted by Gasteiger charge is -2.26. The van der Waals surface area contributed by atoms with Gasteiger partial charge >= 0.3 is 0 Å². The molecule has 160 valence electrons. The Labute approximate surface area is 186 Å². The molecule has 9 heteroatoms. The Bertz CT molecular complexity index is 1030. The fraction of sp³-hybridized carbons (Fsp3) is 0.381. The predicted octanol–water partition coefficient (Wildman–Crippen LogP) is 3.90. The Morgan fingerprint density at radius 1 is 1.07 bits per heavy atom. The molecule has 1 atom stereocenters. The lowest BCUT2D eigenvalue weighted by molar-refractivity contribution is 0.0730. The third-order valence-corrected chi connectivity index (χ3v) is 8.02. The van der Waals surface area contributed by atoms with Crippen LogP contribution in [0.5, 0.6) is 0 Å². The van der Waals surface area contributed by atoms with Crippen molar-refractivity contribution in [2.75, 3.05) is 26.3 Å². The normalized spacial score (nSPS) is 18.7. The molecule has 2 aliphatic rings. The highest BCUT2D eigenvalue weighted by molar-refractivity contribution is 7.89. The van der Waals surface area contributed by atoms with Crippen LogP contribution in [0.2, 0.25) is 10.0 Å². The molecular weight excluding hydrogens is 447 g/mol. The molecule has 1 saturated heterocycles. The van der Waals surface area contributed by atoms with Gasteiger partial charge in [-0.1, -0.05) is 35.3 Å². The molecule has 2 fully saturated rings. The van der Waals surface area contributed by atoms with Gasteiger partial charge in [-0.15, -0.1) is 0 Å². The van der Waals surface area contributed by atoms with Crippen LogP contribution in [0.1, 0.15) is 34.8 Å². The molecule has 1 amide bonds. The predicted molar refractivity (Wildman–Crippen MR) is 115 cm³/mol. The topological polar surface area (TPSA) is 75.7 Å². The minimum Gasteiger partial charge on any atom is -0.379 e. The van der Waals surface area contributed by atoms with Gasteiger partial charge in [-0.25, -0.2) is 8.42 Å². The second-order valence-electron chi connectivity index (χ2n) is 7.50. The zero-order chi connectivity index (χ0) is 21.3. The van der Waals surface area contributed by atoms with E-state index in [0.29, 0.717) is 24.2 Å². The monoisotopic (exact) mass is 468 g/mol. The molecule has 1 N–H and O–H groups in total. The van der Waals surface area contributed by atoms with E-state index < -0.39 is 10.0 Å². The standard InChI is InChI=1S/C21H22Cl2N2O4S/c22-17-6-3-15(4-7-17)20(14-1-2-14)24-21(26)16-5-8-18(23)19(13-16)30(27,28)25-9-11-29-12-10-25/h3-8,13-14,20H,1-2,9-12H2,(H,24,26)/t20-/m1/s1. The molecule has 2 aromatic carbocycles. The molecule has 1 saturated carbocycles. The first-order valence-electron chi connectivity index (χ1n) is 9.80. The Kier molecular flexibility index (Phi) is 6.36. The minimum absolute atomic E-state index is 0.0619. The molecule has 0 radical (unpaired) electrons.